The lowest BCUT2D eigenvalue weighted by atomic mass is 10.1. The first-order valence-electron chi connectivity index (χ1n) is 9.39. The van der Waals surface area contributed by atoms with Gasteiger partial charge >= 0.3 is 0 Å². The maximum atomic E-state index is 13.2. The number of nitrogens with zero attached hydrogens (tertiary/aromatic N) is 1. The van der Waals surface area contributed by atoms with Crippen LogP contribution < -0.4 is 10.9 Å². The van der Waals surface area contributed by atoms with Gasteiger partial charge in [-0.1, -0.05) is 42.5 Å². The number of nitrogens with one attached hydrogen (secondary N) is 1. The number of benzene rings is 2. The van der Waals surface area contributed by atoms with Crippen LogP contribution >= 0.6 is 11.3 Å². The summed E-state index contributed by atoms with van der Waals surface area (Å²) in [5.74, 6) is -1.37. The van der Waals surface area contributed by atoms with Gasteiger partial charge < -0.3 is 15.0 Å². The van der Waals surface area contributed by atoms with E-state index in [1.54, 1.807) is 30.5 Å². The number of hydrogen-bond donors (Lipinski definition) is 2. The van der Waals surface area contributed by atoms with Crippen molar-refractivity contribution in [3.05, 3.63) is 98.9 Å². The molecule has 4 aromatic rings. The number of carbonyl (C=O) groups excluding carboxylic acids is 1. The number of aromatic nitrogens is 1. The molecule has 0 spiro atoms. The van der Waals surface area contributed by atoms with Crippen molar-refractivity contribution < 1.29 is 14.3 Å². The number of amides is 1. The minimum atomic E-state index is -0.675. The van der Waals surface area contributed by atoms with Crippen molar-refractivity contribution in [2.45, 2.75) is 19.5 Å². The van der Waals surface area contributed by atoms with Gasteiger partial charge in [0.05, 0.1) is 22.8 Å². The van der Waals surface area contributed by atoms with Crippen molar-refractivity contribution in [3.8, 4) is 5.75 Å². The normalized spacial score (nSPS) is 12.1. The summed E-state index contributed by atoms with van der Waals surface area (Å²) >= 11 is 1.26. The highest BCUT2D eigenvalue weighted by Gasteiger charge is 2.24. The Morgan fingerprint density at radius 1 is 1.13 bits per heavy atom. The molecule has 0 aliphatic heterocycles. The second-order valence-corrected chi connectivity index (χ2v) is 7.90. The van der Waals surface area contributed by atoms with Crippen LogP contribution in [0, 0.1) is 5.82 Å². The fraction of sp³-hybridized carbons (Fsp3) is 0.130. The Morgan fingerprint density at radius 2 is 1.83 bits per heavy atom. The average Bonchev–Trinajstić information content (AvgIpc) is 3.22. The molecule has 2 N–H and O–H groups in total. The molecule has 2 aromatic heterocycles. The average molecular weight is 422 g/mol. The molecule has 2 heterocycles. The van der Waals surface area contributed by atoms with Crippen molar-refractivity contribution in [1.82, 2.24) is 9.88 Å². The van der Waals surface area contributed by atoms with Gasteiger partial charge in [-0.05, 0) is 41.6 Å². The third-order valence-electron chi connectivity index (χ3n) is 4.97. The van der Waals surface area contributed by atoms with Crippen molar-refractivity contribution in [1.29, 1.82) is 0 Å². The first-order chi connectivity index (χ1) is 14.5. The van der Waals surface area contributed by atoms with E-state index in [-0.39, 0.29) is 23.7 Å². The van der Waals surface area contributed by atoms with E-state index in [0.29, 0.717) is 15.8 Å². The molecule has 152 valence electrons. The molecule has 30 heavy (non-hydrogen) atoms. The predicted octanol–water partition coefficient (Wildman–Crippen LogP) is 4.45. The van der Waals surface area contributed by atoms with E-state index >= 15 is 0 Å². The van der Waals surface area contributed by atoms with Crippen LogP contribution in [0.15, 0.2) is 70.8 Å². The number of fused-ring (bicyclic) bond motifs is 1. The number of carbonyl (C=O) groups is 1. The summed E-state index contributed by atoms with van der Waals surface area (Å²) < 4.78 is 15.1. The largest absolute Gasteiger partial charge is 0.505 e. The lowest BCUT2D eigenvalue weighted by Gasteiger charge is -2.16. The quantitative estimate of drug-likeness (QED) is 0.499. The number of rotatable bonds is 5. The van der Waals surface area contributed by atoms with Gasteiger partial charge in [-0.15, -0.1) is 11.3 Å². The fourth-order valence-electron chi connectivity index (χ4n) is 3.38. The summed E-state index contributed by atoms with van der Waals surface area (Å²) in [5.41, 5.74) is 1.31. The summed E-state index contributed by atoms with van der Waals surface area (Å²) in [6.07, 6.45) is 0. The molecule has 1 atom stereocenters. The highest BCUT2D eigenvalue weighted by molar-refractivity contribution is 7.17. The number of aromatic hydroxyl groups is 1. The molecular weight excluding hydrogens is 403 g/mol. The molecule has 0 unspecified atom stereocenters. The van der Waals surface area contributed by atoms with E-state index in [9.17, 15) is 19.1 Å². The maximum absolute atomic E-state index is 13.2. The fourth-order valence-corrected chi connectivity index (χ4v) is 4.23. The van der Waals surface area contributed by atoms with Gasteiger partial charge in [0, 0.05) is 0 Å². The number of hydrogen-bond acceptors (Lipinski definition) is 4. The molecule has 1 amide bonds. The maximum Gasteiger partial charge on any atom is 0.268 e. The zero-order valence-electron chi connectivity index (χ0n) is 16.1. The van der Waals surface area contributed by atoms with Crippen LogP contribution in [0.1, 0.15) is 34.5 Å². The predicted molar refractivity (Wildman–Crippen MR) is 116 cm³/mol. The van der Waals surface area contributed by atoms with E-state index in [0.717, 1.165) is 5.56 Å². The molecule has 0 radical (unpaired) electrons. The van der Waals surface area contributed by atoms with Gasteiger partial charge in [-0.25, -0.2) is 4.39 Å². The van der Waals surface area contributed by atoms with Gasteiger partial charge in [-0.3, -0.25) is 9.59 Å². The summed E-state index contributed by atoms with van der Waals surface area (Å²) in [7, 11) is 0. The summed E-state index contributed by atoms with van der Waals surface area (Å²) in [4.78, 5) is 26.2. The number of pyridine rings is 1. The summed E-state index contributed by atoms with van der Waals surface area (Å²) in [6.45, 7) is 2.01. The van der Waals surface area contributed by atoms with Crippen LogP contribution in [0.2, 0.25) is 0 Å². The molecule has 2 aromatic carbocycles. The highest BCUT2D eigenvalue weighted by Crippen LogP contribution is 2.31. The highest BCUT2D eigenvalue weighted by atomic mass is 32.1. The zero-order chi connectivity index (χ0) is 21.3. The topological polar surface area (TPSA) is 71.3 Å². The van der Waals surface area contributed by atoms with Crippen molar-refractivity contribution in [2.75, 3.05) is 0 Å². The van der Waals surface area contributed by atoms with Gasteiger partial charge in [-0.2, -0.15) is 0 Å². The van der Waals surface area contributed by atoms with Crippen molar-refractivity contribution in [3.63, 3.8) is 0 Å². The van der Waals surface area contributed by atoms with Gasteiger partial charge in [0.25, 0.3) is 11.5 Å². The van der Waals surface area contributed by atoms with Crippen LogP contribution in [0.25, 0.3) is 10.2 Å². The molecular formula is C23H19FN2O3S. The first kappa shape index (κ1) is 19.8. The third-order valence-corrected chi connectivity index (χ3v) is 5.88. The molecule has 0 saturated heterocycles. The smallest absolute Gasteiger partial charge is 0.268 e. The minimum absolute atomic E-state index is 0.279. The molecule has 0 bridgehead atoms. The Balaban J connectivity index is 1.74. The second kappa shape index (κ2) is 8.12. The van der Waals surface area contributed by atoms with Gasteiger partial charge in [0.1, 0.15) is 11.4 Å². The molecule has 4 rings (SSSR count). The number of halogens is 1. The lowest BCUT2D eigenvalue weighted by molar-refractivity contribution is 0.0935. The Bertz CT molecular complexity index is 1260. The van der Waals surface area contributed by atoms with E-state index < -0.39 is 17.5 Å². The van der Waals surface area contributed by atoms with E-state index in [2.05, 4.69) is 5.32 Å². The first-order valence-corrected chi connectivity index (χ1v) is 10.3. The Labute approximate surface area is 176 Å². The van der Waals surface area contributed by atoms with Crippen LogP contribution in [0.3, 0.4) is 0 Å². The van der Waals surface area contributed by atoms with Crippen LogP contribution in [0.4, 0.5) is 4.39 Å². The van der Waals surface area contributed by atoms with Gasteiger partial charge in [0.2, 0.25) is 0 Å². The minimum Gasteiger partial charge on any atom is -0.505 e. The lowest BCUT2D eigenvalue weighted by Crippen LogP contribution is -2.34. The zero-order valence-corrected chi connectivity index (χ0v) is 16.9. The number of thiophene rings is 1. The molecule has 5 nitrogen and oxygen atoms in total. The molecule has 0 saturated carbocycles. The SMILES string of the molecule is C[C@H](NC(=O)c1c(O)c2sccc2n(Cc2ccccc2)c1=O)c1ccc(F)cc1. The molecule has 0 fully saturated rings. The third kappa shape index (κ3) is 3.71. The van der Waals surface area contributed by atoms with Gasteiger partial charge in [0.15, 0.2) is 5.75 Å². The monoisotopic (exact) mass is 422 g/mol. The van der Waals surface area contributed by atoms with Crippen LogP contribution in [-0.4, -0.2) is 15.6 Å². The molecule has 7 heteroatoms. The molecule has 0 aliphatic rings. The van der Waals surface area contributed by atoms with Crippen molar-refractivity contribution >= 4 is 27.5 Å². The van der Waals surface area contributed by atoms with Crippen LogP contribution in [-0.2, 0) is 6.54 Å². The molecule has 0 aliphatic carbocycles. The standard InChI is InChI=1S/C23H19FN2O3S/c1-14(16-7-9-17(24)10-8-16)25-22(28)19-20(27)21-18(11-12-30-21)26(23(19)29)13-15-5-3-2-4-6-15/h2-12,14,27H,13H2,1H3,(H,25,28)/t14-/m0/s1. The Hall–Kier alpha value is -3.45. The van der Waals surface area contributed by atoms with E-state index in [1.807, 2.05) is 30.3 Å². The Kier molecular flexibility index (Phi) is 5.37. The van der Waals surface area contributed by atoms with E-state index in [4.69, 9.17) is 0 Å². The Morgan fingerprint density at radius 3 is 2.53 bits per heavy atom. The van der Waals surface area contributed by atoms with Crippen molar-refractivity contribution in [2.24, 2.45) is 0 Å². The summed E-state index contributed by atoms with van der Waals surface area (Å²) in [5, 5.41) is 15.2. The van der Waals surface area contributed by atoms with E-state index in [1.165, 1.54) is 28.0 Å². The van der Waals surface area contributed by atoms with Crippen LogP contribution in [0.5, 0.6) is 5.75 Å². The summed E-state index contributed by atoms with van der Waals surface area (Å²) in [6, 6.07) is 16.5. The second-order valence-electron chi connectivity index (χ2n) is 6.98.